The number of alkyl halides is 3. The molecule has 1 aromatic heterocycles. The lowest BCUT2D eigenvalue weighted by Crippen LogP contribution is -2.61. The van der Waals surface area contributed by atoms with E-state index in [1.165, 1.54) is 16.2 Å². The Morgan fingerprint density at radius 3 is 2.69 bits per heavy atom. The van der Waals surface area contributed by atoms with Crippen molar-refractivity contribution in [1.82, 2.24) is 15.2 Å². The van der Waals surface area contributed by atoms with Gasteiger partial charge in [-0.15, -0.1) is 11.3 Å². The molecule has 1 N–H and O–H groups in total. The largest absolute Gasteiger partial charge is 0.491 e. The van der Waals surface area contributed by atoms with Crippen molar-refractivity contribution in [2.45, 2.75) is 37.8 Å². The first-order chi connectivity index (χ1) is 12.2. The monoisotopic (exact) mass is 393 g/mol. The second kappa shape index (κ2) is 7.12. The number of carbonyl (C=O) groups is 2. The first-order valence-corrected chi connectivity index (χ1v) is 8.94. The summed E-state index contributed by atoms with van der Waals surface area (Å²) in [5.41, 5.74) is -0.625. The predicted octanol–water partition coefficient (Wildman–Crippen LogP) is 1.48. The topological polar surface area (TPSA) is 80.8 Å². The number of esters is 1. The van der Waals surface area contributed by atoms with Gasteiger partial charge in [-0.1, -0.05) is 0 Å². The molecule has 3 heterocycles. The second-order valence-corrected chi connectivity index (χ2v) is 7.38. The maximum absolute atomic E-state index is 12.7. The van der Waals surface area contributed by atoms with E-state index >= 15 is 0 Å². The highest BCUT2D eigenvalue weighted by molar-refractivity contribution is 7.09. The summed E-state index contributed by atoms with van der Waals surface area (Å²) in [5.74, 6) is -2.74. The minimum absolute atomic E-state index is 0.212. The molecular formula is C15H18F3N3O4S. The summed E-state index contributed by atoms with van der Waals surface area (Å²) in [6, 6.07) is 0. The van der Waals surface area contributed by atoms with E-state index in [9.17, 15) is 22.8 Å². The van der Waals surface area contributed by atoms with E-state index in [2.05, 4.69) is 15.0 Å². The standard InChI is InChI=1S/C15H18F3N3O4S/c1-9-20-10(7-26-9)12(22)21-6-11(24-13(23)15(16,17)18)25-14(8-21)2-4-19-5-3-14/h7,11,19H,2-6,8H2,1H3. The molecule has 0 bridgehead atoms. The summed E-state index contributed by atoms with van der Waals surface area (Å²) in [6.07, 6.45) is -5.61. The maximum Gasteiger partial charge on any atom is 0.491 e. The Labute approximate surface area is 151 Å². The van der Waals surface area contributed by atoms with Crippen molar-refractivity contribution in [2.24, 2.45) is 0 Å². The third-order valence-electron chi connectivity index (χ3n) is 4.34. The molecule has 1 unspecified atom stereocenters. The number of aryl methyl sites for hydroxylation is 1. The van der Waals surface area contributed by atoms with Crippen molar-refractivity contribution in [1.29, 1.82) is 0 Å². The van der Waals surface area contributed by atoms with Crippen LogP contribution in [0, 0.1) is 6.92 Å². The second-order valence-electron chi connectivity index (χ2n) is 6.32. The van der Waals surface area contributed by atoms with Crippen LogP contribution in [0.1, 0.15) is 28.3 Å². The van der Waals surface area contributed by atoms with Crippen LogP contribution in [0.5, 0.6) is 0 Å². The first kappa shape index (κ1) is 19.1. The molecule has 2 fully saturated rings. The van der Waals surface area contributed by atoms with E-state index in [1.807, 2.05) is 0 Å². The van der Waals surface area contributed by atoms with Crippen molar-refractivity contribution in [3.05, 3.63) is 16.1 Å². The van der Waals surface area contributed by atoms with Gasteiger partial charge in [0.15, 0.2) is 0 Å². The van der Waals surface area contributed by atoms with Crippen LogP contribution in [0.2, 0.25) is 0 Å². The Morgan fingerprint density at radius 1 is 1.42 bits per heavy atom. The minimum Gasteiger partial charge on any atom is -0.427 e. The van der Waals surface area contributed by atoms with Crippen LogP contribution in [-0.4, -0.2) is 66.0 Å². The molecule has 11 heteroatoms. The molecule has 2 saturated heterocycles. The van der Waals surface area contributed by atoms with Gasteiger partial charge in [0.25, 0.3) is 5.91 Å². The van der Waals surface area contributed by atoms with Crippen LogP contribution in [0.15, 0.2) is 5.38 Å². The first-order valence-electron chi connectivity index (χ1n) is 8.06. The van der Waals surface area contributed by atoms with Gasteiger partial charge < -0.3 is 19.7 Å². The summed E-state index contributed by atoms with van der Waals surface area (Å²) in [7, 11) is 0. The number of aromatic nitrogens is 1. The molecule has 2 aliphatic rings. The van der Waals surface area contributed by atoms with Crippen molar-refractivity contribution < 1.29 is 32.2 Å². The Kier molecular flexibility index (Phi) is 5.22. The molecule has 0 radical (unpaired) electrons. The molecular weight excluding hydrogens is 375 g/mol. The summed E-state index contributed by atoms with van der Waals surface area (Å²) >= 11 is 1.30. The molecule has 0 saturated carbocycles. The lowest BCUT2D eigenvalue weighted by molar-refractivity contribution is -0.266. The van der Waals surface area contributed by atoms with Crippen molar-refractivity contribution in [3.8, 4) is 0 Å². The average Bonchev–Trinajstić information content (AvgIpc) is 3.00. The van der Waals surface area contributed by atoms with E-state index in [0.29, 0.717) is 30.9 Å². The van der Waals surface area contributed by atoms with Crippen molar-refractivity contribution >= 4 is 23.2 Å². The van der Waals surface area contributed by atoms with E-state index in [1.54, 1.807) is 12.3 Å². The Bertz CT molecular complexity index is 688. The lowest BCUT2D eigenvalue weighted by Gasteiger charge is -2.47. The molecule has 3 rings (SSSR count). The van der Waals surface area contributed by atoms with Crippen LogP contribution >= 0.6 is 11.3 Å². The molecule has 26 heavy (non-hydrogen) atoms. The molecule has 1 spiro atoms. The van der Waals surface area contributed by atoms with Gasteiger partial charge in [0.1, 0.15) is 5.69 Å². The van der Waals surface area contributed by atoms with Gasteiger partial charge >= 0.3 is 12.1 Å². The summed E-state index contributed by atoms with van der Waals surface area (Å²) < 4.78 is 47.8. The smallest absolute Gasteiger partial charge is 0.427 e. The zero-order valence-corrected chi connectivity index (χ0v) is 14.8. The number of amides is 1. The normalized spacial score (nSPS) is 23.1. The van der Waals surface area contributed by atoms with Gasteiger partial charge in [-0.05, 0) is 32.9 Å². The van der Waals surface area contributed by atoms with E-state index < -0.39 is 29.9 Å². The van der Waals surface area contributed by atoms with Gasteiger partial charge in [0.05, 0.1) is 23.7 Å². The summed E-state index contributed by atoms with van der Waals surface area (Å²) in [4.78, 5) is 29.4. The highest BCUT2D eigenvalue weighted by atomic mass is 32.1. The number of rotatable bonds is 2. The van der Waals surface area contributed by atoms with Crippen LogP contribution in [-0.2, 0) is 14.3 Å². The quantitative estimate of drug-likeness (QED) is 0.767. The fraction of sp³-hybridized carbons (Fsp3) is 0.667. The van der Waals surface area contributed by atoms with Gasteiger partial charge in [-0.3, -0.25) is 4.79 Å². The molecule has 7 nitrogen and oxygen atoms in total. The molecule has 1 aromatic rings. The number of morpholine rings is 1. The number of hydrogen-bond donors (Lipinski definition) is 1. The van der Waals surface area contributed by atoms with Crippen LogP contribution in [0.4, 0.5) is 13.2 Å². The van der Waals surface area contributed by atoms with Gasteiger partial charge in [0, 0.05) is 5.38 Å². The van der Waals surface area contributed by atoms with E-state index in [0.717, 1.165) is 0 Å². The maximum atomic E-state index is 12.7. The van der Waals surface area contributed by atoms with Crippen molar-refractivity contribution in [2.75, 3.05) is 26.2 Å². The molecule has 1 amide bonds. The molecule has 1 atom stereocenters. The fourth-order valence-corrected chi connectivity index (χ4v) is 3.72. The number of ether oxygens (including phenoxy) is 2. The van der Waals surface area contributed by atoms with Gasteiger partial charge in [0.2, 0.25) is 6.29 Å². The number of hydrogen-bond acceptors (Lipinski definition) is 7. The van der Waals surface area contributed by atoms with Crippen LogP contribution in [0.25, 0.3) is 0 Å². The summed E-state index contributed by atoms with van der Waals surface area (Å²) in [6.45, 7) is 2.88. The molecule has 2 aliphatic heterocycles. The number of piperidine rings is 1. The molecule has 0 aromatic carbocycles. The highest BCUT2D eigenvalue weighted by Crippen LogP contribution is 2.32. The Morgan fingerprint density at radius 2 is 2.12 bits per heavy atom. The highest BCUT2D eigenvalue weighted by Gasteiger charge is 2.48. The third kappa shape index (κ3) is 4.15. The third-order valence-corrected chi connectivity index (χ3v) is 5.11. The zero-order valence-electron chi connectivity index (χ0n) is 14.0. The minimum atomic E-state index is -5.12. The number of nitrogens with one attached hydrogen (secondary N) is 1. The van der Waals surface area contributed by atoms with Crippen molar-refractivity contribution in [3.63, 3.8) is 0 Å². The fourth-order valence-electron chi connectivity index (χ4n) is 3.13. The Hall–Kier alpha value is -1.72. The lowest BCUT2D eigenvalue weighted by atomic mass is 9.90. The van der Waals surface area contributed by atoms with Gasteiger partial charge in [-0.2, -0.15) is 13.2 Å². The van der Waals surface area contributed by atoms with E-state index in [-0.39, 0.29) is 18.8 Å². The number of carbonyl (C=O) groups excluding carboxylic acids is 2. The summed E-state index contributed by atoms with van der Waals surface area (Å²) in [5, 5.41) is 5.44. The molecule has 144 valence electrons. The molecule has 0 aliphatic carbocycles. The SMILES string of the molecule is Cc1nc(C(=O)N2CC(OC(=O)C(F)(F)F)OC3(CCNCC3)C2)cs1. The van der Waals surface area contributed by atoms with Crippen LogP contribution in [0.3, 0.4) is 0 Å². The van der Waals surface area contributed by atoms with Crippen LogP contribution < -0.4 is 5.32 Å². The van der Waals surface area contributed by atoms with Gasteiger partial charge in [-0.25, -0.2) is 9.78 Å². The average molecular weight is 393 g/mol. The predicted molar refractivity (Wildman–Crippen MR) is 84.6 cm³/mol. The zero-order chi connectivity index (χ0) is 18.9. The number of nitrogens with zero attached hydrogens (tertiary/aromatic N) is 2. The number of halogens is 3. The Balaban J connectivity index is 1.80. The number of thiazole rings is 1. The van der Waals surface area contributed by atoms with E-state index in [4.69, 9.17) is 4.74 Å².